The zero-order valence-electron chi connectivity index (χ0n) is 6.01. The first-order valence-corrected chi connectivity index (χ1v) is 3.48. The van der Waals surface area contributed by atoms with Crippen molar-refractivity contribution in [1.29, 1.82) is 0 Å². The molecule has 0 saturated heterocycles. The second kappa shape index (κ2) is 3.52. The maximum absolute atomic E-state index is 12.3. The lowest BCUT2D eigenvalue weighted by Gasteiger charge is -2.12. The number of ether oxygens (including phenoxy) is 1. The Morgan fingerprint density at radius 2 is 2.60 bits per heavy atom. The van der Waals surface area contributed by atoms with E-state index in [2.05, 4.69) is 0 Å². The molecule has 1 aliphatic carbocycles. The van der Waals surface area contributed by atoms with Gasteiger partial charge in [-0.2, -0.15) is 0 Å². The molecule has 0 saturated carbocycles. The van der Waals surface area contributed by atoms with Crippen molar-refractivity contribution in [3.05, 3.63) is 24.1 Å². The van der Waals surface area contributed by atoms with Crippen LogP contribution in [0.15, 0.2) is 24.1 Å². The van der Waals surface area contributed by atoms with Gasteiger partial charge in [-0.05, 0) is 25.5 Å². The summed E-state index contributed by atoms with van der Waals surface area (Å²) in [6.07, 6.45) is 5.49. The van der Waals surface area contributed by atoms with Crippen LogP contribution in [0.4, 0.5) is 4.39 Å². The summed E-state index contributed by atoms with van der Waals surface area (Å²) in [5.41, 5.74) is 0. The van der Waals surface area contributed by atoms with E-state index >= 15 is 0 Å². The molecule has 0 aliphatic heterocycles. The summed E-state index contributed by atoms with van der Waals surface area (Å²) < 4.78 is 17.5. The third-order valence-corrected chi connectivity index (χ3v) is 1.40. The molecule has 0 heterocycles. The van der Waals surface area contributed by atoms with E-state index in [1.807, 2.05) is 6.92 Å². The van der Waals surface area contributed by atoms with Crippen LogP contribution in [0.25, 0.3) is 0 Å². The minimum atomic E-state index is -0.157. The normalized spacial score (nSPS) is 24.6. The van der Waals surface area contributed by atoms with E-state index in [0.717, 1.165) is 0 Å². The molecule has 1 atom stereocenters. The molecule has 2 heteroatoms. The highest BCUT2D eigenvalue weighted by Gasteiger charge is 2.06. The van der Waals surface area contributed by atoms with Crippen LogP contribution < -0.4 is 0 Å². The van der Waals surface area contributed by atoms with Gasteiger partial charge in [0.1, 0.15) is 5.83 Å². The first kappa shape index (κ1) is 7.48. The summed E-state index contributed by atoms with van der Waals surface area (Å²) in [4.78, 5) is 0. The Morgan fingerprint density at radius 3 is 3.10 bits per heavy atom. The maximum atomic E-state index is 12.3. The molecule has 1 rings (SSSR count). The predicted octanol–water partition coefficient (Wildman–Crippen LogP) is 2.20. The Bertz CT molecular complexity index is 161. The van der Waals surface area contributed by atoms with Gasteiger partial charge < -0.3 is 4.74 Å². The fourth-order valence-electron chi connectivity index (χ4n) is 0.912. The van der Waals surface area contributed by atoms with E-state index in [-0.39, 0.29) is 11.9 Å². The predicted molar refractivity (Wildman–Crippen MR) is 38.4 cm³/mol. The Kier molecular flexibility index (Phi) is 2.63. The van der Waals surface area contributed by atoms with E-state index in [0.29, 0.717) is 13.0 Å². The van der Waals surface area contributed by atoms with Crippen molar-refractivity contribution >= 4 is 0 Å². The Balaban J connectivity index is 2.37. The van der Waals surface area contributed by atoms with Crippen LogP contribution in [0.5, 0.6) is 0 Å². The quantitative estimate of drug-likeness (QED) is 0.574. The summed E-state index contributed by atoms with van der Waals surface area (Å²) in [6.45, 7) is 2.62. The molecular weight excluding hydrogens is 131 g/mol. The number of rotatable bonds is 2. The van der Waals surface area contributed by atoms with Gasteiger partial charge in [0.25, 0.3) is 0 Å². The van der Waals surface area contributed by atoms with Crippen molar-refractivity contribution in [3.63, 3.8) is 0 Å². The number of hydrogen-bond donors (Lipinski definition) is 0. The fourth-order valence-corrected chi connectivity index (χ4v) is 0.912. The van der Waals surface area contributed by atoms with E-state index < -0.39 is 0 Å². The number of halogens is 1. The lowest BCUT2D eigenvalue weighted by Crippen LogP contribution is -2.10. The lowest BCUT2D eigenvalue weighted by atomic mass is 10.1. The molecule has 0 aromatic heterocycles. The molecule has 10 heavy (non-hydrogen) atoms. The number of hydrogen-bond acceptors (Lipinski definition) is 1. The van der Waals surface area contributed by atoms with E-state index in [1.54, 1.807) is 12.2 Å². The monoisotopic (exact) mass is 142 g/mol. The van der Waals surface area contributed by atoms with Gasteiger partial charge in [0, 0.05) is 6.61 Å². The van der Waals surface area contributed by atoms with Gasteiger partial charge >= 0.3 is 0 Å². The minimum absolute atomic E-state index is 0.0875. The third kappa shape index (κ3) is 1.95. The Labute approximate surface area is 60.2 Å². The number of allylic oxidation sites excluding steroid dienone is 2. The summed E-state index contributed by atoms with van der Waals surface area (Å²) in [7, 11) is 0. The van der Waals surface area contributed by atoms with Crippen LogP contribution in [-0.2, 0) is 4.74 Å². The first-order valence-electron chi connectivity index (χ1n) is 3.48. The molecule has 56 valence electrons. The third-order valence-electron chi connectivity index (χ3n) is 1.40. The standard InChI is InChI=1S/C8H11FO/c1-2-10-8-5-3-7(9)4-6-8/h3-5,8H,2,6H2,1H3. The van der Waals surface area contributed by atoms with E-state index in [1.165, 1.54) is 6.08 Å². The highest BCUT2D eigenvalue weighted by Crippen LogP contribution is 2.13. The van der Waals surface area contributed by atoms with Gasteiger partial charge in [0.05, 0.1) is 6.10 Å². The largest absolute Gasteiger partial charge is 0.374 e. The Hall–Kier alpha value is -0.630. The van der Waals surface area contributed by atoms with Crippen LogP contribution in [0.2, 0.25) is 0 Å². The second-order valence-corrected chi connectivity index (χ2v) is 2.18. The van der Waals surface area contributed by atoms with Crippen LogP contribution in [0.3, 0.4) is 0 Å². The average Bonchev–Trinajstić information content (AvgIpc) is 1.95. The molecule has 0 N–H and O–H groups in total. The lowest BCUT2D eigenvalue weighted by molar-refractivity contribution is 0.0970. The molecule has 0 fully saturated rings. The molecule has 1 aliphatic rings. The van der Waals surface area contributed by atoms with Crippen molar-refractivity contribution in [2.24, 2.45) is 0 Å². The van der Waals surface area contributed by atoms with Crippen molar-refractivity contribution in [2.45, 2.75) is 19.4 Å². The molecule has 0 radical (unpaired) electrons. The first-order chi connectivity index (χ1) is 4.83. The highest BCUT2D eigenvalue weighted by atomic mass is 19.1. The van der Waals surface area contributed by atoms with E-state index in [4.69, 9.17) is 4.74 Å². The summed E-state index contributed by atoms with van der Waals surface area (Å²) in [6, 6.07) is 0. The highest BCUT2D eigenvalue weighted by molar-refractivity contribution is 5.18. The smallest absolute Gasteiger partial charge is 0.119 e. The van der Waals surface area contributed by atoms with E-state index in [9.17, 15) is 4.39 Å². The minimum Gasteiger partial charge on any atom is -0.374 e. The molecule has 0 bridgehead atoms. The molecule has 0 amide bonds. The SMILES string of the molecule is CCOC1C=CC(F)=CC1. The van der Waals surface area contributed by atoms with Crippen molar-refractivity contribution < 1.29 is 9.13 Å². The summed E-state index contributed by atoms with van der Waals surface area (Å²) in [5, 5.41) is 0. The molecule has 0 aromatic rings. The van der Waals surface area contributed by atoms with Gasteiger partial charge in [-0.25, -0.2) is 4.39 Å². The van der Waals surface area contributed by atoms with Gasteiger partial charge in [-0.15, -0.1) is 0 Å². The van der Waals surface area contributed by atoms with Crippen molar-refractivity contribution in [1.82, 2.24) is 0 Å². The maximum Gasteiger partial charge on any atom is 0.119 e. The average molecular weight is 142 g/mol. The topological polar surface area (TPSA) is 9.23 Å². The molecule has 0 aromatic carbocycles. The van der Waals surface area contributed by atoms with Gasteiger partial charge in [0.15, 0.2) is 0 Å². The van der Waals surface area contributed by atoms with Crippen molar-refractivity contribution in [2.75, 3.05) is 6.61 Å². The van der Waals surface area contributed by atoms with Crippen LogP contribution >= 0.6 is 0 Å². The van der Waals surface area contributed by atoms with Crippen LogP contribution in [0.1, 0.15) is 13.3 Å². The molecular formula is C8H11FO. The van der Waals surface area contributed by atoms with Crippen LogP contribution in [0, 0.1) is 0 Å². The van der Waals surface area contributed by atoms with Crippen LogP contribution in [-0.4, -0.2) is 12.7 Å². The summed E-state index contributed by atoms with van der Waals surface area (Å²) in [5.74, 6) is -0.157. The zero-order valence-corrected chi connectivity index (χ0v) is 6.01. The fraction of sp³-hybridized carbons (Fsp3) is 0.500. The van der Waals surface area contributed by atoms with Gasteiger partial charge in [-0.1, -0.05) is 6.08 Å². The molecule has 0 spiro atoms. The van der Waals surface area contributed by atoms with Crippen molar-refractivity contribution in [3.8, 4) is 0 Å². The molecule has 1 nitrogen and oxygen atoms in total. The van der Waals surface area contributed by atoms with Gasteiger partial charge in [-0.3, -0.25) is 0 Å². The Morgan fingerprint density at radius 1 is 1.80 bits per heavy atom. The second-order valence-electron chi connectivity index (χ2n) is 2.18. The van der Waals surface area contributed by atoms with Gasteiger partial charge in [0.2, 0.25) is 0 Å². The molecule has 1 unspecified atom stereocenters. The zero-order chi connectivity index (χ0) is 7.40. The summed E-state index contributed by atoms with van der Waals surface area (Å²) >= 11 is 0.